The number of nitrogens with one attached hydrogen (secondary N) is 2. The van der Waals surface area contributed by atoms with Crippen molar-refractivity contribution in [3.8, 4) is 5.75 Å². The van der Waals surface area contributed by atoms with Crippen LogP contribution < -0.4 is 14.8 Å². The molecule has 0 saturated carbocycles. The predicted octanol–water partition coefficient (Wildman–Crippen LogP) is 2.89. The molecule has 1 atom stereocenters. The van der Waals surface area contributed by atoms with Crippen LogP contribution in [0.1, 0.15) is 50.8 Å². The molecule has 1 aliphatic carbocycles. The van der Waals surface area contributed by atoms with Crippen LogP contribution in [0.2, 0.25) is 0 Å². The summed E-state index contributed by atoms with van der Waals surface area (Å²) in [5, 5.41) is 10.3. The molecule has 28 heavy (non-hydrogen) atoms. The zero-order valence-electron chi connectivity index (χ0n) is 16.3. The van der Waals surface area contributed by atoms with Crippen LogP contribution in [0.4, 0.5) is 5.13 Å². The molecule has 1 aromatic heterocycles. The number of aryl methyl sites for hydroxylation is 1. The number of ether oxygens (including phenoxy) is 1. The highest BCUT2D eigenvalue weighted by Gasteiger charge is 2.29. The molecule has 0 radical (unpaired) electrons. The molecular weight excluding hydrogens is 400 g/mol. The first kappa shape index (κ1) is 20.7. The van der Waals surface area contributed by atoms with Crippen LogP contribution in [-0.4, -0.2) is 31.6 Å². The van der Waals surface area contributed by atoms with Gasteiger partial charge in [-0.1, -0.05) is 38.2 Å². The summed E-state index contributed by atoms with van der Waals surface area (Å²) in [6.45, 7) is 5.29. The number of hydrogen-bond donors (Lipinski definition) is 2. The number of aromatic nitrogens is 2. The fourth-order valence-electron chi connectivity index (χ4n) is 2.93. The van der Waals surface area contributed by atoms with E-state index in [1.165, 1.54) is 0 Å². The second-order valence-electron chi connectivity index (χ2n) is 7.71. The second kappa shape index (κ2) is 7.76. The summed E-state index contributed by atoms with van der Waals surface area (Å²) in [5.41, 5.74) is 1.41. The van der Waals surface area contributed by atoms with E-state index in [-0.39, 0.29) is 21.4 Å². The molecule has 8 nitrogen and oxygen atoms in total. The average molecular weight is 425 g/mol. The van der Waals surface area contributed by atoms with Crippen molar-refractivity contribution in [2.45, 2.75) is 50.4 Å². The lowest BCUT2D eigenvalue weighted by atomic mass is 9.88. The number of hydrogen-bond acceptors (Lipinski definition) is 7. The highest BCUT2D eigenvalue weighted by Crippen LogP contribution is 2.33. The van der Waals surface area contributed by atoms with Crippen LogP contribution in [0.15, 0.2) is 22.5 Å². The van der Waals surface area contributed by atoms with Gasteiger partial charge in [0.15, 0.2) is 0 Å². The van der Waals surface area contributed by atoms with Crippen molar-refractivity contribution in [1.29, 1.82) is 0 Å². The number of anilines is 1. The standard InChI is InChI=1S/C18H24N4O4S2/c1-18(2,3)15(23)19-16-20-21-17(27-16)28(24,25)22-14-7-5-6-11-10-12(26-4)8-9-13(11)14/h8-10,14,22H,5-7H2,1-4H3,(H,19,20,23). The van der Waals surface area contributed by atoms with Gasteiger partial charge in [-0.25, -0.2) is 13.1 Å². The molecule has 0 saturated heterocycles. The second-order valence-corrected chi connectivity index (χ2v) is 10.6. The van der Waals surface area contributed by atoms with Gasteiger partial charge >= 0.3 is 0 Å². The van der Waals surface area contributed by atoms with Gasteiger partial charge in [0.2, 0.25) is 15.4 Å². The highest BCUT2D eigenvalue weighted by atomic mass is 32.2. The van der Waals surface area contributed by atoms with Gasteiger partial charge in [-0.2, -0.15) is 0 Å². The number of nitrogens with zero attached hydrogens (tertiary/aromatic N) is 2. The third-order valence-corrected chi connectivity index (χ3v) is 7.18. The average Bonchev–Trinajstić information content (AvgIpc) is 3.10. The molecule has 1 aromatic carbocycles. The summed E-state index contributed by atoms with van der Waals surface area (Å²) in [7, 11) is -2.25. The lowest BCUT2D eigenvalue weighted by molar-refractivity contribution is -0.123. The van der Waals surface area contributed by atoms with E-state index in [4.69, 9.17) is 4.74 Å². The molecule has 1 unspecified atom stereocenters. The normalized spacial score (nSPS) is 17.1. The molecule has 0 bridgehead atoms. The Labute approximate surface area is 168 Å². The largest absolute Gasteiger partial charge is 0.497 e. The number of amides is 1. The van der Waals surface area contributed by atoms with E-state index in [1.54, 1.807) is 27.9 Å². The predicted molar refractivity (Wildman–Crippen MR) is 107 cm³/mol. The molecule has 2 N–H and O–H groups in total. The summed E-state index contributed by atoms with van der Waals surface area (Å²) < 4.78 is 33.4. The van der Waals surface area contributed by atoms with Crippen molar-refractivity contribution >= 4 is 32.4 Å². The number of fused-ring (bicyclic) bond motifs is 1. The van der Waals surface area contributed by atoms with Gasteiger partial charge in [0.1, 0.15) is 5.75 Å². The smallest absolute Gasteiger partial charge is 0.270 e. The first-order valence-electron chi connectivity index (χ1n) is 8.94. The van der Waals surface area contributed by atoms with Crippen molar-refractivity contribution in [2.75, 3.05) is 12.4 Å². The van der Waals surface area contributed by atoms with Gasteiger partial charge in [0, 0.05) is 11.5 Å². The zero-order chi connectivity index (χ0) is 20.5. The third-order valence-electron chi connectivity index (χ3n) is 4.50. The quantitative estimate of drug-likeness (QED) is 0.714. The summed E-state index contributed by atoms with van der Waals surface area (Å²) >= 11 is 0.836. The third kappa shape index (κ3) is 4.50. The molecule has 3 rings (SSSR count). The highest BCUT2D eigenvalue weighted by molar-refractivity contribution is 7.91. The molecule has 0 fully saturated rings. The first-order chi connectivity index (χ1) is 13.1. The van der Waals surface area contributed by atoms with Crippen molar-refractivity contribution in [1.82, 2.24) is 14.9 Å². The van der Waals surface area contributed by atoms with Gasteiger partial charge < -0.3 is 10.1 Å². The molecule has 10 heteroatoms. The lowest BCUT2D eigenvalue weighted by Gasteiger charge is -2.26. The van der Waals surface area contributed by atoms with Gasteiger partial charge in [0.05, 0.1) is 7.11 Å². The molecule has 1 amide bonds. The number of rotatable bonds is 5. The Kier molecular flexibility index (Phi) is 5.74. The van der Waals surface area contributed by atoms with Crippen LogP contribution >= 0.6 is 11.3 Å². The van der Waals surface area contributed by atoms with Crippen LogP contribution in [0, 0.1) is 5.41 Å². The number of methoxy groups -OCH3 is 1. The molecule has 1 heterocycles. The number of benzene rings is 1. The van der Waals surface area contributed by atoms with E-state index < -0.39 is 15.4 Å². The van der Waals surface area contributed by atoms with Gasteiger partial charge in [0.25, 0.3) is 10.0 Å². The van der Waals surface area contributed by atoms with Crippen molar-refractivity contribution in [3.63, 3.8) is 0 Å². The van der Waals surface area contributed by atoms with E-state index in [0.717, 1.165) is 41.1 Å². The fraction of sp³-hybridized carbons (Fsp3) is 0.500. The van der Waals surface area contributed by atoms with Crippen molar-refractivity contribution in [3.05, 3.63) is 29.3 Å². The van der Waals surface area contributed by atoms with Gasteiger partial charge in [-0.05, 0) is 42.5 Å². The van der Waals surface area contributed by atoms with Crippen LogP contribution in [0.25, 0.3) is 0 Å². The van der Waals surface area contributed by atoms with Crippen LogP contribution in [0.5, 0.6) is 5.75 Å². The Morgan fingerprint density at radius 3 is 2.71 bits per heavy atom. The summed E-state index contributed by atoms with van der Waals surface area (Å²) in [5.74, 6) is 0.501. The van der Waals surface area contributed by atoms with E-state index >= 15 is 0 Å². The Hall–Kier alpha value is -2.04. The van der Waals surface area contributed by atoms with E-state index in [0.29, 0.717) is 6.42 Å². The molecule has 0 aliphatic heterocycles. The fourth-order valence-corrected chi connectivity index (χ4v) is 5.09. The number of carbonyl (C=O) groups excluding carboxylic acids is 1. The summed E-state index contributed by atoms with van der Waals surface area (Å²) in [4.78, 5) is 12.1. The van der Waals surface area contributed by atoms with E-state index in [1.807, 2.05) is 18.2 Å². The maximum absolute atomic E-state index is 12.8. The Bertz CT molecular complexity index is 980. The maximum atomic E-state index is 12.8. The zero-order valence-corrected chi connectivity index (χ0v) is 17.9. The van der Waals surface area contributed by atoms with Crippen molar-refractivity contribution < 1.29 is 17.9 Å². The van der Waals surface area contributed by atoms with Crippen LogP contribution in [0.3, 0.4) is 0 Å². The first-order valence-corrected chi connectivity index (χ1v) is 11.2. The van der Waals surface area contributed by atoms with Gasteiger partial charge in [-0.3, -0.25) is 4.79 Å². The monoisotopic (exact) mass is 424 g/mol. The van der Waals surface area contributed by atoms with E-state index in [9.17, 15) is 13.2 Å². The minimum Gasteiger partial charge on any atom is -0.497 e. The van der Waals surface area contributed by atoms with Gasteiger partial charge in [-0.15, -0.1) is 10.2 Å². The molecule has 2 aromatic rings. The minimum absolute atomic E-state index is 0.161. The van der Waals surface area contributed by atoms with Crippen molar-refractivity contribution in [2.24, 2.45) is 5.41 Å². The van der Waals surface area contributed by atoms with Crippen LogP contribution in [-0.2, 0) is 21.2 Å². The minimum atomic E-state index is -3.86. The molecule has 1 aliphatic rings. The topological polar surface area (TPSA) is 110 Å². The Morgan fingerprint density at radius 1 is 1.29 bits per heavy atom. The lowest BCUT2D eigenvalue weighted by Crippen LogP contribution is -2.31. The molecule has 0 spiro atoms. The number of sulfonamides is 1. The SMILES string of the molecule is COc1ccc2c(c1)CCCC2NS(=O)(=O)c1nnc(NC(=O)C(C)(C)C)s1. The Balaban J connectivity index is 1.78. The summed E-state index contributed by atoms with van der Waals surface area (Å²) in [6, 6.07) is 5.34. The molecule has 152 valence electrons. The maximum Gasteiger partial charge on any atom is 0.270 e. The Morgan fingerprint density at radius 2 is 2.04 bits per heavy atom. The number of carbonyl (C=O) groups is 1. The molecular formula is C18H24N4O4S2. The van der Waals surface area contributed by atoms with E-state index in [2.05, 4.69) is 20.2 Å². The summed E-state index contributed by atoms with van der Waals surface area (Å²) in [6.07, 6.45) is 2.45.